The van der Waals surface area contributed by atoms with Crippen LogP contribution in [0.25, 0.3) is 0 Å². The second kappa shape index (κ2) is 7.21. The molecule has 0 radical (unpaired) electrons. The van der Waals surface area contributed by atoms with Crippen LogP contribution in [0.4, 0.5) is 0 Å². The van der Waals surface area contributed by atoms with Gasteiger partial charge in [-0.3, -0.25) is 0 Å². The van der Waals surface area contributed by atoms with Gasteiger partial charge in [-0.15, -0.1) is 0 Å². The van der Waals surface area contributed by atoms with Gasteiger partial charge in [0.1, 0.15) is 5.60 Å². The zero-order valence-electron chi connectivity index (χ0n) is 20.6. The van der Waals surface area contributed by atoms with Crippen LogP contribution >= 0.6 is 0 Å². The van der Waals surface area contributed by atoms with Gasteiger partial charge in [0, 0.05) is 11.8 Å². The number of epoxide rings is 1. The predicted molar refractivity (Wildman–Crippen MR) is 123 cm³/mol. The van der Waals surface area contributed by atoms with E-state index in [1.165, 1.54) is 51.4 Å². The first-order valence-electron chi connectivity index (χ1n) is 13.5. The van der Waals surface area contributed by atoms with Crippen LogP contribution in [0.2, 0.25) is 0 Å². The molecule has 5 rings (SSSR count). The molecular weight excluding hydrogens is 368 g/mol. The predicted octanol–water partition coefficient (Wildman–Crippen LogP) is 6.85. The third kappa shape index (κ3) is 2.94. The third-order valence-corrected chi connectivity index (χ3v) is 12.0. The van der Waals surface area contributed by atoms with E-state index in [9.17, 15) is 5.11 Å². The lowest BCUT2D eigenvalue weighted by Gasteiger charge is -2.59. The lowest BCUT2D eigenvalue weighted by Crippen LogP contribution is -2.58. The zero-order valence-corrected chi connectivity index (χ0v) is 20.6. The first kappa shape index (κ1) is 21.7. The molecule has 11 atom stereocenters. The molecule has 2 nitrogen and oxygen atoms in total. The summed E-state index contributed by atoms with van der Waals surface area (Å²) in [6, 6.07) is 0. The molecule has 1 N–H and O–H groups in total. The first-order chi connectivity index (χ1) is 14.1. The Morgan fingerprint density at radius 1 is 0.933 bits per heavy atom. The van der Waals surface area contributed by atoms with Crippen LogP contribution < -0.4 is 0 Å². The minimum atomic E-state index is -0.126. The molecule has 0 aromatic heterocycles. The number of rotatable bonds is 5. The maximum absolute atomic E-state index is 10.4. The molecular formula is C28H48O2. The molecule has 1 saturated heterocycles. The van der Waals surface area contributed by atoms with Crippen molar-refractivity contribution in [3.05, 3.63) is 0 Å². The fourth-order valence-corrected chi connectivity index (χ4v) is 9.69. The molecule has 5 aliphatic rings. The summed E-state index contributed by atoms with van der Waals surface area (Å²) >= 11 is 0. The average molecular weight is 417 g/mol. The van der Waals surface area contributed by atoms with E-state index in [1.54, 1.807) is 0 Å². The Bertz CT molecular complexity index is 659. The molecule has 0 aromatic carbocycles. The van der Waals surface area contributed by atoms with E-state index in [0.29, 0.717) is 16.9 Å². The van der Waals surface area contributed by atoms with Crippen molar-refractivity contribution in [2.45, 2.75) is 124 Å². The highest BCUT2D eigenvalue weighted by atomic mass is 16.6. The molecule has 4 aliphatic carbocycles. The van der Waals surface area contributed by atoms with E-state index < -0.39 is 0 Å². The van der Waals surface area contributed by atoms with E-state index >= 15 is 0 Å². The van der Waals surface area contributed by atoms with Crippen LogP contribution in [0.3, 0.4) is 0 Å². The minimum absolute atomic E-state index is 0.0395. The van der Waals surface area contributed by atoms with Gasteiger partial charge in [0.25, 0.3) is 0 Å². The van der Waals surface area contributed by atoms with Gasteiger partial charge < -0.3 is 9.84 Å². The van der Waals surface area contributed by atoms with Crippen molar-refractivity contribution >= 4 is 0 Å². The number of hydrogen-bond donors (Lipinski definition) is 1. The van der Waals surface area contributed by atoms with Crippen LogP contribution in [0.5, 0.6) is 0 Å². The van der Waals surface area contributed by atoms with Crippen LogP contribution in [0.15, 0.2) is 0 Å². The first-order valence-corrected chi connectivity index (χ1v) is 13.5. The number of hydrogen-bond acceptors (Lipinski definition) is 2. The van der Waals surface area contributed by atoms with E-state index in [1.807, 2.05) is 0 Å². The highest BCUT2D eigenvalue weighted by Crippen LogP contribution is 2.74. The summed E-state index contributed by atoms with van der Waals surface area (Å²) in [5.74, 6) is 6.09. The number of ether oxygens (including phenoxy) is 1. The highest BCUT2D eigenvalue weighted by molar-refractivity contribution is 5.24. The van der Waals surface area contributed by atoms with Crippen molar-refractivity contribution in [2.75, 3.05) is 0 Å². The van der Waals surface area contributed by atoms with Gasteiger partial charge in [-0.25, -0.2) is 0 Å². The molecule has 5 unspecified atom stereocenters. The Morgan fingerprint density at radius 3 is 2.43 bits per heavy atom. The fraction of sp³-hybridized carbons (Fsp3) is 1.00. The Balaban J connectivity index is 1.32. The molecule has 0 bridgehead atoms. The second-order valence-corrected chi connectivity index (χ2v) is 13.4. The van der Waals surface area contributed by atoms with Crippen molar-refractivity contribution in [3.63, 3.8) is 0 Å². The van der Waals surface area contributed by atoms with Crippen LogP contribution in [-0.4, -0.2) is 22.9 Å². The number of aliphatic hydroxyl groups excluding tert-OH is 1. The third-order valence-electron chi connectivity index (χ3n) is 12.0. The van der Waals surface area contributed by atoms with Gasteiger partial charge in [0.05, 0.1) is 12.2 Å². The molecule has 5 fully saturated rings. The highest BCUT2D eigenvalue weighted by Gasteiger charge is 2.76. The van der Waals surface area contributed by atoms with Crippen molar-refractivity contribution in [1.29, 1.82) is 0 Å². The SMILES string of the molecule is CC(C)C(C)CC[C@@H](C)C1CCC2C3C[C@H]4O[C@]45C[C@@H](O)CC[C@]5(C)C3CC[C@@]21C. The number of fused-ring (bicyclic) bond motifs is 4. The lowest BCUT2D eigenvalue weighted by molar-refractivity contribution is -0.116. The largest absolute Gasteiger partial charge is 0.393 e. The Labute approximate surface area is 185 Å². The Kier molecular flexibility index (Phi) is 5.23. The van der Waals surface area contributed by atoms with Crippen molar-refractivity contribution in [1.82, 2.24) is 0 Å². The van der Waals surface area contributed by atoms with Gasteiger partial charge in [-0.2, -0.15) is 0 Å². The van der Waals surface area contributed by atoms with Crippen molar-refractivity contribution in [3.8, 4) is 0 Å². The molecule has 30 heavy (non-hydrogen) atoms. The molecule has 1 spiro atoms. The smallest absolute Gasteiger partial charge is 0.103 e. The summed E-state index contributed by atoms with van der Waals surface area (Å²) < 4.78 is 6.52. The van der Waals surface area contributed by atoms with Crippen LogP contribution in [0, 0.1) is 52.3 Å². The zero-order chi connectivity index (χ0) is 21.5. The average Bonchev–Trinajstić information content (AvgIpc) is 3.27. The quantitative estimate of drug-likeness (QED) is 0.497. The van der Waals surface area contributed by atoms with E-state index in [-0.39, 0.29) is 11.7 Å². The normalized spacial score (nSPS) is 54.0. The maximum Gasteiger partial charge on any atom is 0.103 e. The Morgan fingerprint density at radius 2 is 1.70 bits per heavy atom. The van der Waals surface area contributed by atoms with E-state index in [2.05, 4.69) is 41.5 Å². The minimum Gasteiger partial charge on any atom is -0.393 e. The summed E-state index contributed by atoms with van der Waals surface area (Å²) in [7, 11) is 0. The van der Waals surface area contributed by atoms with E-state index in [4.69, 9.17) is 4.74 Å². The van der Waals surface area contributed by atoms with Gasteiger partial charge in [0.15, 0.2) is 0 Å². The molecule has 2 heteroatoms. The lowest BCUT2D eigenvalue weighted by atomic mass is 9.44. The second-order valence-electron chi connectivity index (χ2n) is 13.4. The summed E-state index contributed by atoms with van der Waals surface area (Å²) in [4.78, 5) is 0. The van der Waals surface area contributed by atoms with Gasteiger partial charge >= 0.3 is 0 Å². The van der Waals surface area contributed by atoms with Crippen molar-refractivity contribution in [2.24, 2.45) is 52.3 Å². The standard InChI is InChI=1S/C28H48O2/c1-17(2)18(3)7-8-19(4)22-9-10-23-21-15-25-28(30-25)16-20(29)11-14-27(28,6)24(21)12-13-26(22,23)5/h17-25,29H,7-16H2,1-6H3/t18?,19-,20+,21?,22?,23?,24?,25-,26-,27-,28-/m1/s1. The molecule has 0 amide bonds. The van der Waals surface area contributed by atoms with Crippen molar-refractivity contribution < 1.29 is 9.84 Å². The molecule has 1 heterocycles. The molecule has 0 aromatic rings. The monoisotopic (exact) mass is 416 g/mol. The summed E-state index contributed by atoms with van der Waals surface area (Å²) in [6.07, 6.45) is 13.3. The van der Waals surface area contributed by atoms with Gasteiger partial charge in [-0.1, -0.05) is 54.4 Å². The van der Waals surface area contributed by atoms with Crippen LogP contribution in [-0.2, 0) is 4.74 Å². The van der Waals surface area contributed by atoms with Gasteiger partial charge in [0.2, 0.25) is 0 Å². The van der Waals surface area contributed by atoms with Crippen LogP contribution in [0.1, 0.15) is 106 Å². The summed E-state index contributed by atoms with van der Waals surface area (Å²) in [5.41, 5.74) is 0.913. The fourth-order valence-electron chi connectivity index (χ4n) is 9.69. The molecule has 4 saturated carbocycles. The molecule has 1 aliphatic heterocycles. The van der Waals surface area contributed by atoms with Gasteiger partial charge in [-0.05, 0) is 91.8 Å². The Hall–Kier alpha value is -0.0800. The number of aliphatic hydroxyl groups is 1. The summed E-state index contributed by atoms with van der Waals surface area (Å²) in [6.45, 7) is 15.1. The topological polar surface area (TPSA) is 32.8 Å². The summed E-state index contributed by atoms with van der Waals surface area (Å²) in [5, 5.41) is 10.4. The maximum atomic E-state index is 10.4. The molecule has 172 valence electrons. The van der Waals surface area contributed by atoms with E-state index in [0.717, 1.165) is 54.3 Å².